The van der Waals surface area contributed by atoms with E-state index >= 15 is 0 Å². The maximum absolute atomic E-state index is 12.5. The minimum atomic E-state index is -0.760. The maximum atomic E-state index is 12.5. The Balaban J connectivity index is 2.26. The number of hydrogen-bond donors (Lipinski definition) is 2. The molecule has 0 radical (unpaired) electrons. The first kappa shape index (κ1) is 15.6. The second-order valence-corrected chi connectivity index (χ2v) is 6.21. The molecular formula is C19H21NO3. The number of benzene rings is 1. The van der Waals surface area contributed by atoms with E-state index in [2.05, 4.69) is 4.98 Å². The topological polar surface area (TPSA) is 62.3 Å². The number of allylic oxidation sites excluding steroid dienone is 1. The highest BCUT2D eigenvalue weighted by Crippen LogP contribution is 2.47. The molecule has 0 bridgehead atoms. The fourth-order valence-electron chi connectivity index (χ4n) is 3.27. The molecule has 2 atom stereocenters. The predicted octanol–water partition coefficient (Wildman–Crippen LogP) is 3.02. The van der Waals surface area contributed by atoms with Crippen molar-refractivity contribution in [3.8, 4) is 16.9 Å². The van der Waals surface area contributed by atoms with E-state index in [0.717, 1.165) is 16.7 Å². The lowest BCUT2D eigenvalue weighted by molar-refractivity contribution is 0.122. The number of aliphatic hydroxyl groups excluding tert-OH is 1. The van der Waals surface area contributed by atoms with E-state index < -0.39 is 5.41 Å². The molecule has 0 unspecified atom stereocenters. The molecule has 2 aromatic rings. The van der Waals surface area contributed by atoms with E-state index in [4.69, 9.17) is 4.74 Å². The van der Waals surface area contributed by atoms with Crippen molar-refractivity contribution in [1.82, 2.24) is 4.98 Å². The van der Waals surface area contributed by atoms with Crippen molar-refractivity contribution in [3.63, 3.8) is 0 Å². The van der Waals surface area contributed by atoms with Gasteiger partial charge in [0.05, 0.1) is 17.6 Å². The number of hydrogen-bond acceptors (Lipinski definition) is 3. The lowest BCUT2D eigenvalue weighted by Gasteiger charge is -2.28. The molecule has 1 aliphatic rings. The molecule has 0 amide bonds. The summed E-state index contributed by atoms with van der Waals surface area (Å²) in [6.07, 6.45) is 3.29. The standard InChI is InChI=1S/C19H21NO3/c1-4-12(2)17-19(3,11-21)15-16(23-17)14(10-20-18(15)22)13-8-6-5-7-9-13/h4-10,17,21H,11H2,1-3H3,(H,20,22)/t17-,19+/m0/s1. The molecule has 4 heteroatoms. The van der Waals surface area contributed by atoms with Crippen LogP contribution in [0.5, 0.6) is 5.75 Å². The third-order valence-electron chi connectivity index (χ3n) is 4.71. The van der Waals surface area contributed by atoms with Gasteiger partial charge in [-0.15, -0.1) is 0 Å². The molecule has 1 aromatic carbocycles. The number of nitrogens with one attached hydrogen (secondary N) is 1. The van der Waals surface area contributed by atoms with Gasteiger partial charge in [-0.2, -0.15) is 0 Å². The van der Waals surface area contributed by atoms with Crippen LogP contribution >= 0.6 is 0 Å². The van der Waals surface area contributed by atoms with Gasteiger partial charge >= 0.3 is 0 Å². The van der Waals surface area contributed by atoms with Crippen LogP contribution in [0.25, 0.3) is 11.1 Å². The number of ether oxygens (including phenoxy) is 1. The van der Waals surface area contributed by atoms with E-state index in [-0.39, 0.29) is 18.3 Å². The molecule has 0 saturated heterocycles. The maximum Gasteiger partial charge on any atom is 0.255 e. The van der Waals surface area contributed by atoms with Crippen molar-refractivity contribution in [2.75, 3.05) is 6.61 Å². The number of aliphatic hydroxyl groups is 1. The summed E-state index contributed by atoms with van der Waals surface area (Å²) in [5.41, 5.74) is 2.36. The Hall–Kier alpha value is -2.33. The van der Waals surface area contributed by atoms with E-state index in [1.54, 1.807) is 6.20 Å². The highest BCUT2D eigenvalue weighted by atomic mass is 16.5. The van der Waals surface area contributed by atoms with Crippen molar-refractivity contribution in [3.05, 3.63) is 64.1 Å². The van der Waals surface area contributed by atoms with Crippen molar-refractivity contribution in [2.45, 2.75) is 32.3 Å². The molecule has 23 heavy (non-hydrogen) atoms. The summed E-state index contributed by atoms with van der Waals surface area (Å²) in [7, 11) is 0. The fraction of sp³-hybridized carbons (Fsp3) is 0.316. The van der Waals surface area contributed by atoms with Crippen molar-refractivity contribution in [1.29, 1.82) is 0 Å². The average Bonchev–Trinajstić information content (AvgIpc) is 2.90. The normalized spacial score (nSPS) is 23.5. The highest BCUT2D eigenvalue weighted by molar-refractivity contribution is 5.73. The summed E-state index contributed by atoms with van der Waals surface area (Å²) in [5.74, 6) is 0.572. The molecule has 2 heterocycles. The van der Waals surface area contributed by atoms with E-state index in [1.807, 2.05) is 57.2 Å². The number of aromatic nitrogens is 1. The Morgan fingerprint density at radius 3 is 2.70 bits per heavy atom. The number of fused-ring (bicyclic) bond motifs is 1. The highest BCUT2D eigenvalue weighted by Gasteiger charge is 2.48. The van der Waals surface area contributed by atoms with Crippen molar-refractivity contribution >= 4 is 0 Å². The van der Waals surface area contributed by atoms with Gasteiger partial charge in [-0.25, -0.2) is 0 Å². The lowest BCUT2D eigenvalue weighted by atomic mass is 9.77. The van der Waals surface area contributed by atoms with Crippen LogP contribution in [0.2, 0.25) is 0 Å². The van der Waals surface area contributed by atoms with Crippen molar-refractivity contribution < 1.29 is 9.84 Å². The monoisotopic (exact) mass is 311 g/mol. The van der Waals surface area contributed by atoms with Gasteiger partial charge in [0, 0.05) is 11.8 Å². The van der Waals surface area contributed by atoms with Crippen LogP contribution in [0.4, 0.5) is 0 Å². The molecule has 0 spiro atoms. The van der Waals surface area contributed by atoms with Crippen LogP contribution in [0.3, 0.4) is 0 Å². The lowest BCUT2D eigenvalue weighted by Crippen LogP contribution is -2.42. The van der Waals surface area contributed by atoms with Crippen LogP contribution in [-0.4, -0.2) is 22.8 Å². The molecule has 4 nitrogen and oxygen atoms in total. The molecule has 0 aliphatic carbocycles. The van der Waals surface area contributed by atoms with Gasteiger partial charge in [-0.1, -0.05) is 36.4 Å². The molecule has 3 rings (SSSR count). The van der Waals surface area contributed by atoms with E-state index in [1.165, 1.54) is 0 Å². The fourth-order valence-corrected chi connectivity index (χ4v) is 3.27. The van der Waals surface area contributed by atoms with Crippen molar-refractivity contribution in [2.24, 2.45) is 0 Å². The van der Waals surface area contributed by atoms with Gasteiger partial charge in [0.15, 0.2) is 0 Å². The minimum absolute atomic E-state index is 0.156. The van der Waals surface area contributed by atoms with E-state index in [0.29, 0.717) is 11.3 Å². The first-order valence-electron chi connectivity index (χ1n) is 7.75. The molecule has 1 aliphatic heterocycles. The summed E-state index contributed by atoms with van der Waals surface area (Å²) in [5, 5.41) is 10.0. The molecule has 2 N–H and O–H groups in total. The minimum Gasteiger partial charge on any atom is -0.484 e. The zero-order valence-corrected chi connectivity index (χ0v) is 13.6. The Morgan fingerprint density at radius 1 is 1.39 bits per heavy atom. The van der Waals surface area contributed by atoms with Gasteiger partial charge in [0.2, 0.25) is 0 Å². The van der Waals surface area contributed by atoms with Gasteiger partial charge in [-0.3, -0.25) is 4.79 Å². The quantitative estimate of drug-likeness (QED) is 0.857. The number of aromatic amines is 1. The zero-order valence-electron chi connectivity index (χ0n) is 13.6. The Morgan fingerprint density at radius 2 is 2.09 bits per heavy atom. The summed E-state index contributed by atoms with van der Waals surface area (Å²) < 4.78 is 6.18. The SMILES string of the molecule is CC=C(C)[C@@H]1Oc2c(-c3ccccc3)c[nH]c(=O)c2[C@@]1(C)CO. The number of H-pyrrole nitrogens is 1. The average molecular weight is 311 g/mol. The van der Waals surface area contributed by atoms with Crippen LogP contribution in [0, 0.1) is 0 Å². The van der Waals surface area contributed by atoms with Crippen LogP contribution < -0.4 is 10.3 Å². The summed E-state index contributed by atoms with van der Waals surface area (Å²) in [4.78, 5) is 15.3. The van der Waals surface area contributed by atoms with Gasteiger partial charge in [0.25, 0.3) is 5.56 Å². The van der Waals surface area contributed by atoms with Gasteiger partial charge in [-0.05, 0) is 31.9 Å². The Labute approximate surface area is 135 Å². The first-order valence-corrected chi connectivity index (χ1v) is 7.75. The van der Waals surface area contributed by atoms with Gasteiger partial charge in [0.1, 0.15) is 11.9 Å². The summed E-state index contributed by atoms with van der Waals surface area (Å²) in [6.45, 7) is 5.61. The van der Waals surface area contributed by atoms with E-state index in [9.17, 15) is 9.90 Å². The molecule has 120 valence electrons. The van der Waals surface area contributed by atoms with Gasteiger partial charge < -0.3 is 14.8 Å². The largest absolute Gasteiger partial charge is 0.484 e. The smallest absolute Gasteiger partial charge is 0.255 e. The molecule has 0 saturated carbocycles. The predicted molar refractivity (Wildman–Crippen MR) is 90.8 cm³/mol. The number of pyridine rings is 1. The third-order valence-corrected chi connectivity index (χ3v) is 4.71. The number of rotatable bonds is 3. The summed E-state index contributed by atoms with van der Waals surface area (Å²) in [6, 6.07) is 9.79. The third kappa shape index (κ3) is 2.30. The second kappa shape index (κ2) is 5.70. The van der Waals surface area contributed by atoms with Crippen LogP contribution in [-0.2, 0) is 5.41 Å². The Bertz CT molecular complexity index is 807. The molecule has 1 aromatic heterocycles. The molecular weight excluding hydrogens is 290 g/mol. The Kier molecular flexibility index (Phi) is 3.86. The molecule has 0 fully saturated rings. The summed E-state index contributed by atoms with van der Waals surface area (Å²) >= 11 is 0. The first-order chi connectivity index (χ1) is 11.0. The van der Waals surface area contributed by atoms with Crippen LogP contribution in [0.1, 0.15) is 26.3 Å². The van der Waals surface area contributed by atoms with Crippen LogP contribution in [0.15, 0.2) is 53.0 Å². The zero-order chi connectivity index (χ0) is 16.6. The second-order valence-electron chi connectivity index (χ2n) is 6.21.